The first-order valence-electron chi connectivity index (χ1n) is 7.50. The van der Waals surface area contributed by atoms with Crippen molar-refractivity contribution >= 4 is 12.4 Å². The third-order valence-corrected chi connectivity index (χ3v) is 3.27. The number of methoxy groups -OCH3 is 3. The van der Waals surface area contributed by atoms with E-state index in [9.17, 15) is 4.79 Å². The zero-order valence-corrected chi connectivity index (χ0v) is 14.8. The highest BCUT2D eigenvalue weighted by molar-refractivity contribution is 5.67. The third kappa shape index (κ3) is 5.80. The first-order valence-corrected chi connectivity index (χ1v) is 7.50. The highest BCUT2D eigenvalue weighted by atomic mass is 16.5. The molecule has 0 N–H and O–H groups in total. The van der Waals surface area contributed by atoms with Gasteiger partial charge in [-0.2, -0.15) is 0 Å². The van der Waals surface area contributed by atoms with Gasteiger partial charge in [-0.25, -0.2) is 0 Å². The zero-order valence-electron chi connectivity index (χ0n) is 14.8. The van der Waals surface area contributed by atoms with Gasteiger partial charge < -0.3 is 14.2 Å². The maximum absolute atomic E-state index is 10.4. The number of hydrogen-bond acceptors (Lipinski definition) is 4. The van der Waals surface area contributed by atoms with Gasteiger partial charge in [-0.05, 0) is 43.2 Å². The van der Waals surface area contributed by atoms with Crippen LogP contribution in [0.25, 0.3) is 6.08 Å². The number of allylic oxidation sites excluding steroid dienone is 7. The predicted molar refractivity (Wildman–Crippen MR) is 97.9 cm³/mol. The molecule has 0 bridgehead atoms. The lowest BCUT2D eigenvalue weighted by Crippen LogP contribution is -1.95. The standard InChI is InChI=1S/C20H24O4/c1-15(7-6-8-16(2)11-12-21)9-10-17-13-18(22-3)20(24-5)19(14-17)23-4/h6-14H,1-5H3/b8-6+,10-9+,15-7+,16-11+. The fourth-order valence-corrected chi connectivity index (χ4v) is 2.00. The Bertz CT molecular complexity index is 654. The van der Waals surface area contributed by atoms with Crippen molar-refractivity contribution in [2.24, 2.45) is 0 Å². The van der Waals surface area contributed by atoms with Crippen molar-refractivity contribution in [1.82, 2.24) is 0 Å². The molecule has 128 valence electrons. The van der Waals surface area contributed by atoms with E-state index in [1.54, 1.807) is 21.3 Å². The number of benzene rings is 1. The number of rotatable bonds is 8. The van der Waals surface area contributed by atoms with E-state index in [1.807, 2.05) is 56.4 Å². The van der Waals surface area contributed by atoms with E-state index in [2.05, 4.69) is 0 Å². The Morgan fingerprint density at radius 2 is 1.46 bits per heavy atom. The smallest absolute Gasteiger partial charge is 0.203 e. The van der Waals surface area contributed by atoms with Crippen LogP contribution >= 0.6 is 0 Å². The summed E-state index contributed by atoms with van der Waals surface area (Å²) in [6.07, 6.45) is 12.0. The first kappa shape index (κ1) is 19.3. The summed E-state index contributed by atoms with van der Waals surface area (Å²) in [5, 5.41) is 0. The molecule has 0 heterocycles. The molecule has 0 atom stereocenters. The van der Waals surface area contributed by atoms with E-state index in [1.165, 1.54) is 6.08 Å². The van der Waals surface area contributed by atoms with E-state index >= 15 is 0 Å². The van der Waals surface area contributed by atoms with Crippen molar-refractivity contribution in [3.8, 4) is 17.2 Å². The molecule has 0 aliphatic carbocycles. The lowest BCUT2D eigenvalue weighted by Gasteiger charge is -2.12. The summed E-state index contributed by atoms with van der Waals surface area (Å²) < 4.78 is 16.0. The molecule has 0 fully saturated rings. The van der Waals surface area contributed by atoms with Crippen molar-refractivity contribution in [2.45, 2.75) is 13.8 Å². The lowest BCUT2D eigenvalue weighted by atomic mass is 10.1. The number of ether oxygens (including phenoxy) is 3. The molecular weight excluding hydrogens is 304 g/mol. The molecule has 0 aliphatic heterocycles. The van der Waals surface area contributed by atoms with E-state index in [4.69, 9.17) is 14.2 Å². The summed E-state index contributed by atoms with van der Waals surface area (Å²) in [6, 6.07) is 3.77. The summed E-state index contributed by atoms with van der Waals surface area (Å²) in [5.74, 6) is 1.81. The normalized spacial score (nSPS) is 12.7. The van der Waals surface area contributed by atoms with Crippen LogP contribution in [0.3, 0.4) is 0 Å². The highest BCUT2D eigenvalue weighted by Gasteiger charge is 2.11. The minimum absolute atomic E-state index is 0.574. The molecule has 4 nitrogen and oxygen atoms in total. The SMILES string of the molecule is COc1cc(/C=C/C(C)=C/C=C/C(C)=C/C=O)cc(OC)c1OC. The molecule has 0 unspecified atom stereocenters. The average Bonchev–Trinajstić information content (AvgIpc) is 2.59. The van der Waals surface area contributed by atoms with Gasteiger partial charge in [0.2, 0.25) is 5.75 Å². The molecule has 0 spiro atoms. The van der Waals surface area contributed by atoms with Crippen molar-refractivity contribution in [3.05, 3.63) is 59.2 Å². The van der Waals surface area contributed by atoms with Gasteiger partial charge in [0.25, 0.3) is 0 Å². The predicted octanol–water partition coefficient (Wildman–Crippen LogP) is 4.37. The van der Waals surface area contributed by atoms with Crippen molar-refractivity contribution in [1.29, 1.82) is 0 Å². The number of carbonyl (C=O) groups is 1. The summed E-state index contributed by atoms with van der Waals surface area (Å²) in [4.78, 5) is 10.4. The zero-order chi connectivity index (χ0) is 17.9. The minimum atomic E-state index is 0.574. The van der Waals surface area contributed by atoms with Crippen LogP contribution < -0.4 is 14.2 Å². The van der Waals surface area contributed by atoms with Crippen LogP contribution in [0.5, 0.6) is 17.2 Å². The van der Waals surface area contributed by atoms with Gasteiger partial charge in [0.15, 0.2) is 11.5 Å². The van der Waals surface area contributed by atoms with Crippen molar-refractivity contribution in [3.63, 3.8) is 0 Å². The fraction of sp³-hybridized carbons (Fsp3) is 0.250. The molecule has 4 heteroatoms. The van der Waals surface area contributed by atoms with Crippen LogP contribution in [0.4, 0.5) is 0 Å². The number of aldehydes is 1. The Morgan fingerprint density at radius 3 is 1.96 bits per heavy atom. The van der Waals surface area contributed by atoms with Gasteiger partial charge in [0.1, 0.15) is 6.29 Å². The summed E-state index contributed by atoms with van der Waals surface area (Å²) in [5.41, 5.74) is 2.92. The van der Waals surface area contributed by atoms with Crippen LogP contribution in [0, 0.1) is 0 Å². The summed E-state index contributed by atoms with van der Waals surface area (Å²) >= 11 is 0. The molecule has 0 aromatic heterocycles. The first-order chi connectivity index (χ1) is 11.5. The maximum atomic E-state index is 10.4. The number of hydrogen-bond donors (Lipinski definition) is 0. The quantitative estimate of drug-likeness (QED) is 0.404. The minimum Gasteiger partial charge on any atom is -0.493 e. The lowest BCUT2D eigenvalue weighted by molar-refractivity contribution is -0.104. The Kier molecular flexibility index (Phi) is 8.13. The second-order valence-electron chi connectivity index (χ2n) is 5.11. The van der Waals surface area contributed by atoms with Gasteiger partial charge in [-0.15, -0.1) is 0 Å². The molecule has 0 radical (unpaired) electrons. The molecule has 1 rings (SSSR count). The molecule has 0 amide bonds. The summed E-state index contributed by atoms with van der Waals surface area (Å²) in [7, 11) is 4.77. The molecule has 0 aliphatic rings. The van der Waals surface area contributed by atoms with E-state index < -0.39 is 0 Å². The monoisotopic (exact) mass is 328 g/mol. The topological polar surface area (TPSA) is 44.8 Å². The third-order valence-electron chi connectivity index (χ3n) is 3.27. The maximum Gasteiger partial charge on any atom is 0.203 e. The van der Waals surface area contributed by atoms with Crippen LogP contribution in [0.15, 0.2) is 53.7 Å². The molecule has 24 heavy (non-hydrogen) atoms. The van der Waals surface area contributed by atoms with Crippen LogP contribution in [-0.4, -0.2) is 27.6 Å². The van der Waals surface area contributed by atoms with Crippen molar-refractivity contribution in [2.75, 3.05) is 21.3 Å². The van der Waals surface area contributed by atoms with Gasteiger partial charge in [-0.3, -0.25) is 4.79 Å². The molecular formula is C20H24O4. The Hall–Kier alpha value is -2.75. The summed E-state index contributed by atoms with van der Waals surface area (Å²) in [6.45, 7) is 3.87. The molecule has 1 aromatic carbocycles. The Balaban J connectivity index is 2.97. The van der Waals surface area contributed by atoms with Gasteiger partial charge in [0, 0.05) is 0 Å². The molecule has 0 saturated carbocycles. The number of carbonyl (C=O) groups excluding carboxylic acids is 1. The van der Waals surface area contributed by atoms with Crippen molar-refractivity contribution < 1.29 is 19.0 Å². The van der Waals surface area contributed by atoms with Gasteiger partial charge in [-0.1, -0.05) is 36.0 Å². The van der Waals surface area contributed by atoms with E-state index in [0.29, 0.717) is 17.2 Å². The second-order valence-corrected chi connectivity index (χ2v) is 5.11. The van der Waals surface area contributed by atoms with Crippen LogP contribution in [-0.2, 0) is 4.79 Å². The van der Waals surface area contributed by atoms with Gasteiger partial charge in [0.05, 0.1) is 21.3 Å². The van der Waals surface area contributed by atoms with E-state index in [-0.39, 0.29) is 0 Å². The average molecular weight is 328 g/mol. The van der Waals surface area contributed by atoms with Crippen LogP contribution in [0.2, 0.25) is 0 Å². The highest BCUT2D eigenvalue weighted by Crippen LogP contribution is 2.38. The Morgan fingerprint density at radius 1 is 0.875 bits per heavy atom. The largest absolute Gasteiger partial charge is 0.493 e. The molecule has 0 saturated heterocycles. The van der Waals surface area contributed by atoms with Gasteiger partial charge >= 0.3 is 0 Å². The molecule has 1 aromatic rings. The Labute approximate surface area is 143 Å². The van der Waals surface area contributed by atoms with Crippen LogP contribution in [0.1, 0.15) is 19.4 Å². The fourth-order valence-electron chi connectivity index (χ4n) is 2.00. The van der Waals surface area contributed by atoms with E-state index in [0.717, 1.165) is 23.0 Å². The second kappa shape index (κ2) is 10.1.